The summed E-state index contributed by atoms with van der Waals surface area (Å²) in [7, 11) is 1.56. The maximum absolute atomic E-state index is 12.8. The van der Waals surface area contributed by atoms with Crippen molar-refractivity contribution in [3.8, 4) is 5.75 Å². The number of ether oxygens (including phenoxy) is 1. The van der Waals surface area contributed by atoms with Crippen molar-refractivity contribution in [3.63, 3.8) is 0 Å². The van der Waals surface area contributed by atoms with Gasteiger partial charge in [0.25, 0.3) is 11.8 Å². The summed E-state index contributed by atoms with van der Waals surface area (Å²) < 4.78 is 5.20. The third kappa shape index (κ3) is 3.28. The van der Waals surface area contributed by atoms with Gasteiger partial charge in [-0.15, -0.1) is 0 Å². The first-order valence-electron chi connectivity index (χ1n) is 7.93. The number of carbonyl (C=O) groups excluding carboxylic acids is 2. The van der Waals surface area contributed by atoms with Crippen LogP contribution in [0.5, 0.6) is 5.75 Å². The second kappa shape index (κ2) is 7.40. The minimum absolute atomic E-state index is 0.175. The lowest BCUT2D eigenvalue weighted by molar-refractivity contribution is -0.136. The molecular formula is C19H16Cl2N2O3. The van der Waals surface area contributed by atoms with E-state index in [4.69, 9.17) is 27.9 Å². The molecule has 1 heterocycles. The second-order valence-electron chi connectivity index (χ2n) is 5.59. The quantitative estimate of drug-likeness (QED) is 0.776. The maximum Gasteiger partial charge on any atom is 0.278 e. The average molecular weight is 391 g/mol. The van der Waals surface area contributed by atoms with E-state index in [0.717, 1.165) is 0 Å². The van der Waals surface area contributed by atoms with Crippen LogP contribution in [0.25, 0.3) is 5.57 Å². The summed E-state index contributed by atoms with van der Waals surface area (Å²) in [6.45, 7) is 2.00. The van der Waals surface area contributed by atoms with Crippen molar-refractivity contribution < 1.29 is 14.3 Å². The highest BCUT2D eigenvalue weighted by Gasteiger charge is 2.39. The van der Waals surface area contributed by atoms with E-state index in [1.165, 1.54) is 4.90 Å². The van der Waals surface area contributed by atoms with Gasteiger partial charge in [-0.1, -0.05) is 35.3 Å². The fraction of sp³-hybridized carbons (Fsp3) is 0.158. The molecule has 0 saturated heterocycles. The van der Waals surface area contributed by atoms with Gasteiger partial charge in [-0.2, -0.15) is 0 Å². The topological polar surface area (TPSA) is 58.6 Å². The minimum atomic E-state index is -0.402. The number of halogens is 2. The fourth-order valence-electron chi connectivity index (χ4n) is 2.77. The van der Waals surface area contributed by atoms with Crippen molar-refractivity contribution in [3.05, 3.63) is 63.8 Å². The molecule has 0 aromatic heterocycles. The van der Waals surface area contributed by atoms with Crippen LogP contribution in [0.2, 0.25) is 10.0 Å². The number of hydrogen-bond donors (Lipinski definition) is 1. The van der Waals surface area contributed by atoms with Gasteiger partial charge in [-0.05, 0) is 31.2 Å². The van der Waals surface area contributed by atoms with Gasteiger partial charge in [0.15, 0.2) is 0 Å². The zero-order valence-electron chi connectivity index (χ0n) is 14.2. The molecule has 134 valence electrons. The van der Waals surface area contributed by atoms with E-state index in [9.17, 15) is 9.59 Å². The Morgan fingerprint density at radius 3 is 2.50 bits per heavy atom. The third-order valence-electron chi connectivity index (χ3n) is 4.02. The standard InChI is InChI=1S/C19H16Cl2N2O3/c1-3-23-18(24)16(14-8-7-11(20)9-15(14)21)17(19(23)25)22-12-5-4-6-13(10-12)26-2/h4-10,22H,3H2,1-2H3. The van der Waals surface area contributed by atoms with Crippen LogP contribution in [-0.4, -0.2) is 30.4 Å². The molecule has 3 rings (SSSR count). The molecule has 26 heavy (non-hydrogen) atoms. The van der Waals surface area contributed by atoms with Crippen LogP contribution < -0.4 is 10.1 Å². The molecule has 7 heteroatoms. The Hall–Kier alpha value is -2.50. The molecule has 1 N–H and O–H groups in total. The molecule has 1 aliphatic rings. The Bertz CT molecular complexity index is 925. The zero-order chi connectivity index (χ0) is 18.8. The molecule has 2 aromatic carbocycles. The molecule has 5 nitrogen and oxygen atoms in total. The Labute approximate surface area is 161 Å². The second-order valence-corrected chi connectivity index (χ2v) is 6.43. The molecule has 2 aromatic rings. The summed E-state index contributed by atoms with van der Waals surface area (Å²) in [5.41, 5.74) is 1.48. The van der Waals surface area contributed by atoms with Gasteiger partial charge in [0.05, 0.1) is 17.7 Å². The molecule has 0 bridgehead atoms. The molecule has 0 atom stereocenters. The molecule has 2 amide bonds. The van der Waals surface area contributed by atoms with Crippen LogP contribution in [0.3, 0.4) is 0 Å². The number of amides is 2. The maximum atomic E-state index is 12.8. The molecule has 0 fully saturated rings. The van der Waals surface area contributed by atoms with E-state index in [0.29, 0.717) is 27.0 Å². The van der Waals surface area contributed by atoms with Gasteiger partial charge in [0.2, 0.25) is 0 Å². The number of nitrogens with zero attached hydrogens (tertiary/aromatic N) is 1. The summed E-state index contributed by atoms with van der Waals surface area (Å²) in [5, 5.41) is 3.80. The highest BCUT2D eigenvalue weighted by molar-refractivity contribution is 6.41. The smallest absolute Gasteiger partial charge is 0.278 e. The number of nitrogens with one attached hydrogen (secondary N) is 1. The van der Waals surface area contributed by atoms with E-state index < -0.39 is 11.8 Å². The van der Waals surface area contributed by atoms with Gasteiger partial charge in [0, 0.05) is 28.9 Å². The first-order valence-corrected chi connectivity index (χ1v) is 8.68. The lowest BCUT2D eigenvalue weighted by Gasteiger charge is -2.12. The van der Waals surface area contributed by atoms with Gasteiger partial charge < -0.3 is 10.1 Å². The molecule has 0 saturated carbocycles. The van der Waals surface area contributed by atoms with Crippen molar-refractivity contribution in [2.75, 3.05) is 19.0 Å². The van der Waals surface area contributed by atoms with Gasteiger partial charge in [-0.3, -0.25) is 14.5 Å². The van der Waals surface area contributed by atoms with Crippen LogP contribution in [0.4, 0.5) is 5.69 Å². The largest absolute Gasteiger partial charge is 0.497 e. The van der Waals surface area contributed by atoms with E-state index in [1.54, 1.807) is 56.5 Å². The molecule has 0 radical (unpaired) electrons. The summed E-state index contributed by atoms with van der Waals surface area (Å²) in [4.78, 5) is 26.7. The van der Waals surface area contributed by atoms with E-state index in [2.05, 4.69) is 5.32 Å². The summed E-state index contributed by atoms with van der Waals surface area (Å²) in [6, 6.07) is 11.9. The van der Waals surface area contributed by atoms with Gasteiger partial charge >= 0.3 is 0 Å². The predicted molar refractivity (Wildman–Crippen MR) is 102 cm³/mol. The molecular weight excluding hydrogens is 375 g/mol. The highest BCUT2D eigenvalue weighted by Crippen LogP contribution is 2.35. The monoisotopic (exact) mass is 390 g/mol. The van der Waals surface area contributed by atoms with Crippen molar-refractivity contribution >= 4 is 46.3 Å². The summed E-state index contributed by atoms with van der Waals surface area (Å²) >= 11 is 12.2. The summed E-state index contributed by atoms with van der Waals surface area (Å²) in [5.74, 6) is -0.167. The van der Waals surface area contributed by atoms with Crippen molar-refractivity contribution in [1.29, 1.82) is 0 Å². The normalized spacial score (nSPS) is 14.2. The van der Waals surface area contributed by atoms with Crippen LogP contribution in [0.15, 0.2) is 48.2 Å². The molecule has 0 aliphatic carbocycles. The predicted octanol–water partition coefficient (Wildman–Crippen LogP) is 4.21. The van der Waals surface area contributed by atoms with Crippen LogP contribution in [0, 0.1) is 0 Å². The number of benzene rings is 2. The number of methoxy groups -OCH3 is 1. The van der Waals surface area contributed by atoms with Crippen molar-refractivity contribution in [2.24, 2.45) is 0 Å². The first-order chi connectivity index (χ1) is 12.5. The Morgan fingerprint density at radius 1 is 1.08 bits per heavy atom. The van der Waals surface area contributed by atoms with Crippen molar-refractivity contribution in [2.45, 2.75) is 6.92 Å². The number of rotatable bonds is 5. The SMILES string of the molecule is CCN1C(=O)C(Nc2cccc(OC)c2)=C(c2ccc(Cl)cc2Cl)C1=O. The number of carbonyl (C=O) groups is 2. The molecule has 0 spiro atoms. The fourth-order valence-corrected chi connectivity index (χ4v) is 3.27. The van der Waals surface area contributed by atoms with Crippen LogP contribution in [-0.2, 0) is 9.59 Å². The van der Waals surface area contributed by atoms with Gasteiger partial charge in [0.1, 0.15) is 11.4 Å². The minimum Gasteiger partial charge on any atom is -0.497 e. The van der Waals surface area contributed by atoms with Crippen LogP contribution in [0.1, 0.15) is 12.5 Å². The number of imide groups is 1. The zero-order valence-corrected chi connectivity index (χ0v) is 15.7. The average Bonchev–Trinajstić information content (AvgIpc) is 2.85. The van der Waals surface area contributed by atoms with Gasteiger partial charge in [-0.25, -0.2) is 0 Å². The highest BCUT2D eigenvalue weighted by atomic mass is 35.5. The number of hydrogen-bond acceptors (Lipinski definition) is 4. The number of likely N-dealkylation sites (N-methyl/N-ethyl adjacent to an activating group) is 1. The Kier molecular flexibility index (Phi) is 5.20. The van der Waals surface area contributed by atoms with Crippen molar-refractivity contribution in [1.82, 2.24) is 4.90 Å². The first kappa shape index (κ1) is 18.3. The van der Waals surface area contributed by atoms with E-state index in [-0.39, 0.29) is 17.8 Å². The van der Waals surface area contributed by atoms with E-state index in [1.807, 2.05) is 0 Å². The lowest BCUT2D eigenvalue weighted by Crippen LogP contribution is -2.32. The Balaban J connectivity index is 2.12. The van der Waals surface area contributed by atoms with Crippen LogP contribution >= 0.6 is 23.2 Å². The molecule has 1 aliphatic heterocycles. The van der Waals surface area contributed by atoms with E-state index >= 15 is 0 Å². The molecule has 0 unspecified atom stereocenters. The third-order valence-corrected chi connectivity index (χ3v) is 4.57. The number of anilines is 1. The Morgan fingerprint density at radius 2 is 1.85 bits per heavy atom. The summed E-state index contributed by atoms with van der Waals surface area (Å²) in [6.07, 6.45) is 0. The lowest BCUT2D eigenvalue weighted by atomic mass is 10.0.